The van der Waals surface area contributed by atoms with Crippen molar-refractivity contribution in [1.29, 1.82) is 0 Å². The van der Waals surface area contributed by atoms with Crippen LogP contribution in [0.2, 0.25) is 0 Å². The fraction of sp³-hybridized carbons (Fsp3) is 0.562. The van der Waals surface area contributed by atoms with Crippen LogP contribution in [-0.4, -0.2) is 20.2 Å². The van der Waals surface area contributed by atoms with Crippen LogP contribution in [0.3, 0.4) is 0 Å². The van der Waals surface area contributed by atoms with Gasteiger partial charge >= 0.3 is 5.97 Å². The van der Waals surface area contributed by atoms with Crippen LogP contribution < -0.4 is 14.2 Å². The topological polar surface area (TPSA) is 44.8 Å². The summed E-state index contributed by atoms with van der Waals surface area (Å²) in [5.41, 5.74) is 0.521. The van der Waals surface area contributed by atoms with Crippen molar-refractivity contribution in [3.8, 4) is 17.2 Å². The van der Waals surface area contributed by atoms with Gasteiger partial charge in [0.15, 0.2) is 11.5 Å². The van der Waals surface area contributed by atoms with Gasteiger partial charge in [0.25, 0.3) is 0 Å². The Bertz CT molecular complexity index is 452. The van der Waals surface area contributed by atoms with Crippen molar-refractivity contribution >= 4 is 5.97 Å². The summed E-state index contributed by atoms with van der Waals surface area (Å²) >= 11 is 0. The van der Waals surface area contributed by atoms with Gasteiger partial charge in [0.2, 0.25) is 5.75 Å². The summed E-state index contributed by atoms with van der Waals surface area (Å²) in [6, 6.07) is 3.73. The minimum absolute atomic E-state index is 0.291. The first kappa shape index (κ1) is 16.3. The van der Waals surface area contributed by atoms with E-state index in [1.807, 2.05) is 39.8 Å². The molecule has 0 aliphatic carbocycles. The highest BCUT2D eigenvalue weighted by Crippen LogP contribution is 2.40. The minimum atomic E-state index is -0.542. The fourth-order valence-electron chi connectivity index (χ4n) is 1.61. The SMILES string of the molecule is CCc1cc(OC)c(OC(=O)C(C)(C)CC)c(OC)c1. The molecule has 0 aliphatic rings. The zero-order chi connectivity index (χ0) is 15.3. The number of rotatable bonds is 6. The predicted octanol–water partition coefficient (Wildman–Crippen LogP) is 3.61. The lowest BCUT2D eigenvalue weighted by Crippen LogP contribution is -2.28. The number of benzene rings is 1. The number of carbonyl (C=O) groups is 1. The monoisotopic (exact) mass is 280 g/mol. The molecule has 0 saturated carbocycles. The first-order valence-corrected chi connectivity index (χ1v) is 6.86. The summed E-state index contributed by atoms with van der Waals surface area (Å²) < 4.78 is 16.2. The Morgan fingerprint density at radius 2 is 1.60 bits per heavy atom. The van der Waals surface area contributed by atoms with E-state index in [1.54, 1.807) is 14.2 Å². The lowest BCUT2D eigenvalue weighted by molar-refractivity contribution is -0.144. The van der Waals surface area contributed by atoms with Crippen LogP contribution >= 0.6 is 0 Å². The summed E-state index contributed by atoms with van der Waals surface area (Å²) in [4.78, 5) is 12.2. The lowest BCUT2D eigenvalue weighted by atomic mass is 9.91. The zero-order valence-electron chi connectivity index (χ0n) is 13.2. The molecular formula is C16H24O4. The van der Waals surface area contributed by atoms with E-state index in [0.29, 0.717) is 23.7 Å². The van der Waals surface area contributed by atoms with Gasteiger partial charge in [-0.05, 0) is 44.4 Å². The third-order valence-corrected chi connectivity index (χ3v) is 3.56. The maximum Gasteiger partial charge on any atom is 0.317 e. The summed E-state index contributed by atoms with van der Waals surface area (Å²) in [5, 5.41) is 0. The summed E-state index contributed by atoms with van der Waals surface area (Å²) in [7, 11) is 3.10. The van der Waals surface area contributed by atoms with Crippen LogP contribution in [0.25, 0.3) is 0 Å². The molecule has 0 atom stereocenters. The summed E-state index contributed by atoms with van der Waals surface area (Å²) in [5.74, 6) is 1.09. The van der Waals surface area contributed by atoms with Crippen LogP contribution in [0.4, 0.5) is 0 Å². The molecular weight excluding hydrogens is 256 g/mol. The number of carbonyl (C=O) groups excluding carboxylic acids is 1. The predicted molar refractivity (Wildman–Crippen MR) is 78.6 cm³/mol. The van der Waals surface area contributed by atoms with E-state index in [4.69, 9.17) is 14.2 Å². The van der Waals surface area contributed by atoms with Crippen LogP contribution in [0.5, 0.6) is 17.2 Å². The molecule has 1 aromatic carbocycles. The van der Waals surface area contributed by atoms with E-state index < -0.39 is 5.41 Å². The molecule has 0 amide bonds. The van der Waals surface area contributed by atoms with Crippen LogP contribution in [-0.2, 0) is 11.2 Å². The molecule has 0 N–H and O–H groups in total. The largest absolute Gasteiger partial charge is 0.493 e. The number of esters is 1. The Labute approximate surface area is 121 Å². The van der Waals surface area contributed by atoms with E-state index in [9.17, 15) is 4.79 Å². The Morgan fingerprint density at radius 3 is 1.95 bits per heavy atom. The number of ether oxygens (including phenoxy) is 3. The average Bonchev–Trinajstić information content (AvgIpc) is 2.46. The second-order valence-corrected chi connectivity index (χ2v) is 5.31. The molecule has 0 spiro atoms. The Balaban J connectivity index is 3.19. The van der Waals surface area contributed by atoms with Crippen molar-refractivity contribution in [2.75, 3.05) is 14.2 Å². The highest BCUT2D eigenvalue weighted by molar-refractivity contribution is 5.80. The third-order valence-electron chi connectivity index (χ3n) is 3.56. The molecule has 0 aliphatic heterocycles. The molecule has 112 valence electrons. The highest BCUT2D eigenvalue weighted by Gasteiger charge is 2.29. The van der Waals surface area contributed by atoms with Gasteiger partial charge < -0.3 is 14.2 Å². The van der Waals surface area contributed by atoms with Crippen LogP contribution in [0.15, 0.2) is 12.1 Å². The first-order chi connectivity index (χ1) is 9.39. The number of hydrogen-bond donors (Lipinski definition) is 0. The van der Waals surface area contributed by atoms with Gasteiger partial charge in [0.1, 0.15) is 0 Å². The molecule has 0 bridgehead atoms. The van der Waals surface area contributed by atoms with Gasteiger partial charge in [-0.1, -0.05) is 13.8 Å². The standard InChI is InChI=1S/C16H24O4/c1-7-11-9-12(18-5)14(13(10-11)19-6)20-15(17)16(3,4)8-2/h9-10H,7-8H2,1-6H3. The zero-order valence-corrected chi connectivity index (χ0v) is 13.2. The van der Waals surface area contributed by atoms with Gasteiger partial charge in [-0.15, -0.1) is 0 Å². The molecule has 1 rings (SSSR count). The maximum atomic E-state index is 12.2. The molecule has 1 aromatic rings. The Kier molecular flexibility index (Phi) is 5.43. The van der Waals surface area contributed by atoms with Crippen molar-refractivity contribution in [2.24, 2.45) is 5.41 Å². The molecule has 4 nitrogen and oxygen atoms in total. The number of aryl methyl sites for hydroxylation is 1. The molecule has 0 unspecified atom stereocenters. The van der Waals surface area contributed by atoms with Crippen molar-refractivity contribution in [3.63, 3.8) is 0 Å². The van der Waals surface area contributed by atoms with Crippen molar-refractivity contribution in [2.45, 2.75) is 40.5 Å². The molecule has 0 saturated heterocycles. The molecule has 4 heteroatoms. The van der Waals surface area contributed by atoms with Crippen molar-refractivity contribution < 1.29 is 19.0 Å². The second kappa shape index (κ2) is 6.64. The van der Waals surface area contributed by atoms with Gasteiger partial charge in [-0.2, -0.15) is 0 Å². The van der Waals surface area contributed by atoms with Gasteiger partial charge in [0.05, 0.1) is 19.6 Å². The van der Waals surface area contributed by atoms with E-state index >= 15 is 0 Å². The van der Waals surface area contributed by atoms with Gasteiger partial charge in [-0.3, -0.25) is 4.79 Å². The van der Waals surface area contributed by atoms with E-state index in [0.717, 1.165) is 12.0 Å². The van der Waals surface area contributed by atoms with Crippen LogP contribution in [0, 0.1) is 5.41 Å². The Morgan fingerprint density at radius 1 is 1.10 bits per heavy atom. The molecule has 20 heavy (non-hydrogen) atoms. The lowest BCUT2D eigenvalue weighted by Gasteiger charge is -2.22. The molecule has 0 heterocycles. The van der Waals surface area contributed by atoms with Gasteiger partial charge in [-0.25, -0.2) is 0 Å². The normalized spacial score (nSPS) is 11.1. The van der Waals surface area contributed by atoms with Crippen molar-refractivity contribution in [1.82, 2.24) is 0 Å². The second-order valence-electron chi connectivity index (χ2n) is 5.31. The molecule has 0 aromatic heterocycles. The Hall–Kier alpha value is -1.71. The smallest absolute Gasteiger partial charge is 0.317 e. The quantitative estimate of drug-likeness (QED) is 0.590. The number of hydrogen-bond acceptors (Lipinski definition) is 4. The number of methoxy groups -OCH3 is 2. The van der Waals surface area contributed by atoms with E-state index in [2.05, 4.69) is 0 Å². The van der Waals surface area contributed by atoms with Gasteiger partial charge in [0, 0.05) is 0 Å². The maximum absolute atomic E-state index is 12.2. The van der Waals surface area contributed by atoms with Crippen molar-refractivity contribution in [3.05, 3.63) is 17.7 Å². The average molecular weight is 280 g/mol. The van der Waals surface area contributed by atoms with E-state index in [1.165, 1.54) is 0 Å². The van der Waals surface area contributed by atoms with Crippen LogP contribution in [0.1, 0.15) is 39.7 Å². The molecule has 0 radical (unpaired) electrons. The van der Waals surface area contributed by atoms with E-state index in [-0.39, 0.29) is 5.97 Å². The summed E-state index contributed by atoms with van der Waals surface area (Å²) in [6.07, 6.45) is 1.55. The third kappa shape index (κ3) is 3.44. The first-order valence-electron chi connectivity index (χ1n) is 6.86. The molecule has 0 fully saturated rings. The fourth-order valence-corrected chi connectivity index (χ4v) is 1.61. The minimum Gasteiger partial charge on any atom is -0.493 e. The highest BCUT2D eigenvalue weighted by atomic mass is 16.6. The summed E-state index contributed by atoms with van der Waals surface area (Å²) in [6.45, 7) is 7.71.